The molecule has 0 fully saturated rings. The third kappa shape index (κ3) is 10.0. The van der Waals surface area contributed by atoms with Crippen molar-refractivity contribution >= 4 is 5.98 Å². The Labute approximate surface area is 232 Å². The van der Waals surface area contributed by atoms with Crippen LogP contribution in [-0.2, 0) is 20.9 Å². The van der Waals surface area contributed by atoms with Crippen LogP contribution in [0.3, 0.4) is 0 Å². The minimum Gasteiger partial charge on any atom is -0.0622 e. The molecule has 1 nitrogen and oxygen atoms in total. The molecule has 2 aromatic carbocycles. The van der Waals surface area contributed by atoms with Crippen molar-refractivity contribution in [2.45, 2.75) is 99.1 Å². The molecule has 0 saturated carbocycles. The summed E-state index contributed by atoms with van der Waals surface area (Å²) in [4.78, 5) is 0. The molecule has 3 rings (SSSR count). The van der Waals surface area contributed by atoms with Crippen molar-refractivity contribution in [1.82, 2.24) is 3.30 Å². The van der Waals surface area contributed by atoms with Gasteiger partial charge in [0.25, 0.3) is 0 Å². The molecule has 1 aliphatic rings. The number of nitrogens with one attached hydrogen (secondary N) is 1. The second kappa shape index (κ2) is 17.5. The molecule has 1 atom stereocenters. The van der Waals surface area contributed by atoms with Gasteiger partial charge in [-0.2, -0.15) is 0 Å². The normalized spacial score (nSPS) is 15.4. The van der Waals surface area contributed by atoms with Crippen LogP contribution in [0, 0.1) is 5.92 Å². The maximum atomic E-state index is 4.16. The van der Waals surface area contributed by atoms with Crippen molar-refractivity contribution < 1.29 is 20.9 Å². The molecule has 0 aromatic heterocycles. The van der Waals surface area contributed by atoms with Gasteiger partial charge in [-0.15, -0.1) is 0 Å². The summed E-state index contributed by atoms with van der Waals surface area (Å²) in [5.74, 6) is 0.213. The molecule has 3 heteroatoms. The molecule has 2 aromatic rings. The number of hydrogen-bond donors (Lipinski definition) is 1. The molecule has 0 spiro atoms. The van der Waals surface area contributed by atoms with E-state index in [-0.39, 0.29) is 0 Å². The molecular formula is C33H52HfNSi. The summed E-state index contributed by atoms with van der Waals surface area (Å²) in [5.41, 5.74) is 7.47. The predicted octanol–water partition coefficient (Wildman–Crippen LogP) is 9.85. The molecule has 0 heterocycles. The van der Waals surface area contributed by atoms with Crippen molar-refractivity contribution in [3.8, 4) is 11.1 Å². The molecule has 0 bridgehead atoms. The second-order valence-corrected chi connectivity index (χ2v) is 36.4. The van der Waals surface area contributed by atoms with E-state index in [2.05, 4.69) is 99.5 Å². The Morgan fingerprint density at radius 1 is 0.694 bits per heavy atom. The first-order chi connectivity index (χ1) is 17.4. The van der Waals surface area contributed by atoms with Gasteiger partial charge in [0.15, 0.2) is 0 Å². The second-order valence-electron chi connectivity index (χ2n) is 10.8. The SMILES string of the molecule is CCCCCCCCCC[NH][Hf]([C]1=C(C)C(C)=C(C)C1C)[SiH](C)C.c1ccc(-c2ccccc2)cc1. The van der Waals surface area contributed by atoms with Gasteiger partial charge in [-0.1, -0.05) is 60.7 Å². The first kappa shape index (κ1) is 31.2. The van der Waals surface area contributed by atoms with Gasteiger partial charge in [0, 0.05) is 0 Å². The van der Waals surface area contributed by atoms with Gasteiger partial charge < -0.3 is 0 Å². The third-order valence-corrected chi connectivity index (χ3v) is 32.8. The van der Waals surface area contributed by atoms with Gasteiger partial charge in [-0.3, -0.25) is 0 Å². The third-order valence-electron chi connectivity index (χ3n) is 7.73. The molecule has 0 amide bonds. The van der Waals surface area contributed by atoms with Crippen LogP contribution in [0.15, 0.2) is 80.7 Å². The first-order valence-electron chi connectivity index (χ1n) is 14.5. The van der Waals surface area contributed by atoms with Crippen molar-refractivity contribution in [2.75, 3.05) is 6.54 Å². The summed E-state index contributed by atoms with van der Waals surface area (Å²) in [7, 11) is 0. The Kier molecular flexibility index (Phi) is 15.1. The van der Waals surface area contributed by atoms with E-state index >= 15 is 0 Å². The fourth-order valence-corrected chi connectivity index (χ4v) is 29.2. The standard InChI is InChI=1S/C12H10.C10H22N.C9H13.C2H7Si.Hf/c1-3-7-11(8-4-1)12-9-5-2-6-10-12;1-2-3-4-5-6-7-8-9-10-11;1-6-5-7(2)9(4)8(6)3;1-3-2;/h1-10H;11H,2-10H2,1H3;6H,1-4H3;3H,1-2H3;/q;-1;;;+1. The zero-order valence-electron chi connectivity index (χ0n) is 24.3. The van der Waals surface area contributed by atoms with Crippen LogP contribution >= 0.6 is 0 Å². The molecule has 0 aliphatic heterocycles. The van der Waals surface area contributed by atoms with Crippen LogP contribution in [0.5, 0.6) is 0 Å². The van der Waals surface area contributed by atoms with E-state index in [1.165, 1.54) is 69.0 Å². The van der Waals surface area contributed by atoms with Crippen molar-refractivity contribution in [2.24, 2.45) is 5.92 Å². The molecule has 0 radical (unpaired) electrons. The van der Waals surface area contributed by atoms with Crippen LogP contribution in [0.1, 0.15) is 86.0 Å². The topological polar surface area (TPSA) is 12.0 Å². The molecule has 1 unspecified atom stereocenters. The summed E-state index contributed by atoms with van der Waals surface area (Å²) in [6.45, 7) is 18.4. The maximum absolute atomic E-state index is 4.16. The van der Waals surface area contributed by atoms with Crippen molar-refractivity contribution in [1.29, 1.82) is 0 Å². The number of allylic oxidation sites excluding steroid dienone is 4. The minimum atomic E-state index is -1.74. The summed E-state index contributed by atoms with van der Waals surface area (Å²) in [6.07, 6.45) is 11.4. The molecule has 1 N–H and O–H groups in total. The summed E-state index contributed by atoms with van der Waals surface area (Å²) in [6, 6.07) is 20.8. The fraction of sp³-hybridized carbons (Fsp3) is 0.515. The maximum Gasteiger partial charge on any atom is -0.0184 e. The molecule has 36 heavy (non-hydrogen) atoms. The van der Waals surface area contributed by atoms with Gasteiger partial charge in [-0.25, -0.2) is 0 Å². The van der Waals surface area contributed by atoms with E-state index < -0.39 is 26.9 Å². The van der Waals surface area contributed by atoms with Crippen LogP contribution in [0.4, 0.5) is 0 Å². The van der Waals surface area contributed by atoms with Crippen LogP contribution in [-0.4, -0.2) is 12.5 Å². The Bertz CT molecular complexity index is 895. The van der Waals surface area contributed by atoms with Gasteiger partial charge in [0.1, 0.15) is 0 Å². The van der Waals surface area contributed by atoms with Gasteiger partial charge in [-0.05, 0) is 11.1 Å². The smallest absolute Gasteiger partial charge is 0.0184 e. The average molecular weight is 669 g/mol. The first-order valence-corrected chi connectivity index (χ1v) is 27.2. The number of rotatable bonds is 13. The van der Waals surface area contributed by atoms with Gasteiger partial charge in [0.2, 0.25) is 0 Å². The van der Waals surface area contributed by atoms with Crippen molar-refractivity contribution in [3.63, 3.8) is 0 Å². The van der Waals surface area contributed by atoms with E-state index in [0.29, 0.717) is 0 Å². The fourth-order valence-electron chi connectivity index (χ4n) is 5.15. The van der Waals surface area contributed by atoms with Crippen molar-refractivity contribution in [3.05, 3.63) is 80.7 Å². The van der Waals surface area contributed by atoms with Gasteiger partial charge >= 0.3 is 162 Å². The zero-order valence-corrected chi connectivity index (χ0v) is 29.0. The van der Waals surface area contributed by atoms with E-state index in [4.69, 9.17) is 0 Å². The van der Waals surface area contributed by atoms with Crippen LogP contribution in [0.25, 0.3) is 11.1 Å². The Balaban J connectivity index is 0.000000313. The van der Waals surface area contributed by atoms with Gasteiger partial charge in [0.05, 0.1) is 0 Å². The minimum absolute atomic E-state index is 0.531. The summed E-state index contributed by atoms with van der Waals surface area (Å²) < 4.78 is 6.09. The van der Waals surface area contributed by atoms with E-state index in [0.717, 1.165) is 5.92 Å². The molecule has 0 saturated heterocycles. The molecule has 1 aliphatic carbocycles. The van der Waals surface area contributed by atoms with E-state index in [1.807, 2.05) is 15.5 Å². The molecule has 197 valence electrons. The average Bonchev–Trinajstić information content (AvgIpc) is 3.09. The molecular weight excluding hydrogens is 617 g/mol. The Morgan fingerprint density at radius 2 is 1.17 bits per heavy atom. The van der Waals surface area contributed by atoms with Crippen LogP contribution < -0.4 is 3.30 Å². The number of unbranched alkanes of at least 4 members (excludes halogenated alkanes) is 7. The monoisotopic (exact) mass is 670 g/mol. The predicted molar refractivity (Wildman–Crippen MR) is 162 cm³/mol. The summed E-state index contributed by atoms with van der Waals surface area (Å²) in [5, 5.41) is 0. The quantitative estimate of drug-likeness (QED) is 0.166. The number of hydrogen-bond acceptors (Lipinski definition) is 1. The largest absolute Gasteiger partial charge is 0.0622 e. The zero-order chi connectivity index (χ0) is 26.3. The Morgan fingerprint density at radius 3 is 1.58 bits per heavy atom. The Hall–Kier alpha value is -1.03. The summed E-state index contributed by atoms with van der Waals surface area (Å²) >= 11 is -1.74. The van der Waals surface area contributed by atoms with Crippen LogP contribution in [0.2, 0.25) is 13.1 Å². The van der Waals surface area contributed by atoms with E-state index in [9.17, 15) is 0 Å². The number of benzene rings is 2. The van der Waals surface area contributed by atoms with E-state index in [1.54, 1.807) is 16.7 Å².